The van der Waals surface area contributed by atoms with Crippen LogP contribution in [-0.4, -0.2) is 4.98 Å². The van der Waals surface area contributed by atoms with Crippen molar-refractivity contribution in [1.82, 2.24) is 4.98 Å². The van der Waals surface area contributed by atoms with Crippen LogP contribution in [0, 0.1) is 23.2 Å². The zero-order valence-corrected chi connectivity index (χ0v) is 6.76. The van der Waals surface area contributed by atoms with Crippen LogP contribution >= 0.6 is 11.6 Å². The molecule has 3 nitrogen and oxygen atoms in total. The fraction of sp³-hybridized carbons (Fsp3) is 0. The fourth-order valence-electron chi connectivity index (χ4n) is 0.634. The number of nitrogen functional groups attached to an aromatic ring is 1. The largest absolute Gasteiger partial charge is 0.396 e. The van der Waals surface area contributed by atoms with E-state index < -0.39 is 0 Å². The number of nitriles is 1. The molecule has 1 aromatic heterocycles. The Morgan fingerprint density at radius 1 is 1.58 bits per heavy atom. The third-order valence-electron chi connectivity index (χ3n) is 1.13. The van der Waals surface area contributed by atoms with Crippen molar-refractivity contribution < 1.29 is 0 Å². The summed E-state index contributed by atoms with van der Waals surface area (Å²) < 4.78 is 0. The Morgan fingerprint density at radius 3 is 2.92 bits per heavy atom. The second-order valence-corrected chi connectivity index (χ2v) is 2.32. The molecular formula is C8H4ClN3. The summed E-state index contributed by atoms with van der Waals surface area (Å²) in [5, 5.41) is 8.40. The molecule has 0 bridgehead atoms. The zero-order chi connectivity index (χ0) is 8.97. The molecule has 0 amide bonds. The maximum atomic E-state index is 8.15. The lowest BCUT2D eigenvalue weighted by Gasteiger charge is -1.95. The van der Waals surface area contributed by atoms with E-state index in [1.807, 2.05) is 0 Å². The van der Waals surface area contributed by atoms with Crippen molar-refractivity contribution in [2.45, 2.75) is 0 Å². The number of nitrogens with two attached hydrogens (primary N) is 1. The molecule has 0 fully saturated rings. The summed E-state index contributed by atoms with van der Waals surface area (Å²) in [5.41, 5.74) is 6.39. The molecule has 0 aliphatic rings. The number of nitrogens with zero attached hydrogens (tertiary/aromatic N) is 2. The van der Waals surface area contributed by atoms with Crippen LogP contribution in [0.15, 0.2) is 12.3 Å². The van der Waals surface area contributed by atoms with Crippen molar-refractivity contribution >= 4 is 17.3 Å². The third kappa shape index (κ3) is 1.88. The number of rotatable bonds is 0. The highest BCUT2D eigenvalue weighted by Gasteiger charge is 1.96. The SMILES string of the molecule is N#CC#Cc1cnc(Cl)c(N)c1. The van der Waals surface area contributed by atoms with E-state index >= 15 is 0 Å². The lowest BCUT2D eigenvalue weighted by atomic mass is 10.3. The quantitative estimate of drug-likeness (QED) is 0.478. The molecule has 1 heterocycles. The van der Waals surface area contributed by atoms with Gasteiger partial charge in [0.1, 0.15) is 0 Å². The maximum Gasteiger partial charge on any atom is 0.152 e. The summed E-state index contributed by atoms with van der Waals surface area (Å²) in [7, 11) is 0. The van der Waals surface area contributed by atoms with E-state index in [0.717, 1.165) is 0 Å². The molecule has 12 heavy (non-hydrogen) atoms. The molecule has 0 unspecified atom stereocenters. The first-order valence-corrected chi connectivity index (χ1v) is 3.43. The highest BCUT2D eigenvalue weighted by atomic mass is 35.5. The van der Waals surface area contributed by atoms with Crippen LogP contribution in [0.25, 0.3) is 0 Å². The number of halogens is 1. The Morgan fingerprint density at radius 2 is 2.33 bits per heavy atom. The molecule has 0 radical (unpaired) electrons. The highest BCUT2D eigenvalue weighted by molar-refractivity contribution is 6.31. The van der Waals surface area contributed by atoms with Crippen molar-refractivity contribution in [2.24, 2.45) is 0 Å². The van der Waals surface area contributed by atoms with Crippen LogP contribution in [0.4, 0.5) is 5.69 Å². The Balaban J connectivity index is 3.07. The predicted octanol–water partition coefficient (Wildman–Crippen LogP) is 1.19. The van der Waals surface area contributed by atoms with Gasteiger partial charge in [-0.05, 0) is 12.0 Å². The van der Waals surface area contributed by atoms with E-state index in [0.29, 0.717) is 11.3 Å². The van der Waals surface area contributed by atoms with E-state index in [4.69, 9.17) is 22.6 Å². The molecule has 0 aliphatic heterocycles. The van der Waals surface area contributed by atoms with Crippen molar-refractivity contribution in [1.29, 1.82) is 5.26 Å². The normalized spacial score (nSPS) is 8.00. The van der Waals surface area contributed by atoms with Gasteiger partial charge in [-0.2, -0.15) is 5.26 Å². The van der Waals surface area contributed by atoms with Gasteiger partial charge in [0.05, 0.1) is 5.69 Å². The monoisotopic (exact) mass is 177 g/mol. The van der Waals surface area contributed by atoms with Crippen LogP contribution in [0.5, 0.6) is 0 Å². The summed E-state index contributed by atoms with van der Waals surface area (Å²) in [6, 6.07) is 3.26. The zero-order valence-electron chi connectivity index (χ0n) is 6.00. The van der Waals surface area contributed by atoms with Gasteiger partial charge in [0.15, 0.2) is 11.2 Å². The Bertz CT molecular complexity index is 395. The Hall–Kier alpha value is -1.71. The molecule has 0 aliphatic carbocycles. The first-order valence-electron chi connectivity index (χ1n) is 3.05. The molecule has 58 valence electrons. The molecule has 1 rings (SSSR count). The van der Waals surface area contributed by atoms with E-state index in [9.17, 15) is 0 Å². The average molecular weight is 178 g/mol. The fourth-order valence-corrected chi connectivity index (χ4v) is 0.737. The Kier molecular flexibility index (Phi) is 2.53. The molecule has 0 saturated heterocycles. The van der Waals surface area contributed by atoms with Gasteiger partial charge in [-0.3, -0.25) is 0 Å². The summed E-state index contributed by atoms with van der Waals surface area (Å²) in [4.78, 5) is 3.76. The molecule has 4 heteroatoms. The third-order valence-corrected chi connectivity index (χ3v) is 1.44. The van der Waals surface area contributed by atoms with E-state index in [1.165, 1.54) is 6.20 Å². The Labute approximate surface area is 74.8 Å². The lowest BCUT2D eigenvalue weighted by Crippen LogP contribution is -1.89. The van der Waals surface area contributed by atoms with Crippen LogP contribution in [0.1, 0.15) is 5.56 Å². The minimum absolute atomic E-state index is 0.248. The van der Waals surface area contributed by atoms with Crippen molar-refractivity contribution in [2.75, 3.05) is 5.73 Å². The summed E-state index contributed by atoms with van der Waals surface area (Å²) in [6.07, 6.45) is 1.46. The van der Waals surface area contributed by atoms with Gasteiger partial charge in [-0.15, -0.1) is 0 Å². The van der Waals surface area contributed by atoms with Gasteiger partial charge in [-0.1, -0.05) is 11.6 Å². The van der Waals surface area contributed by atoms with Gasteiger partial charge in [0.2, 0.25) is 0 Å². The minimum atomic E-state index is 0.248. The van der Waals surface area contributed by atoms with Gasteiger partial charge < -0.3 is 5.73 Å². The van der Waals surface area contributed by atoms with Gasteiger partial charge in [0, 0.05) is 17.7 Å². The van der Waals surface area contributed by atoms with E-state index in [2.05, 4.69) is 16.8 Å². The van der Waals surface area contributed by atoms with Crippen LogP contribution in [0.2, 0.25) is 5.15 Å². The van der Waals surface area contributed by atoms with Crippen molar-refractivity contribution in [3.8, 4) is 17.9 Å². The lowest BCUT2D eigenvalue weighted by molar-refractivity contribution is 1.32. The van der Waals surface area contributed by atoms with E-state index in [-0.39, 0.29) is 5.15 Å². The number of hydrogen-bond donors (Lipinski definition) is 1. The summed E-state index contributed by atoms with van der Waals surface area (Å²) >= 11 is 5.57. The summed E-state index contributed by atoms with van der Waals surface area (Å²) in [6.45, 7) is 0. The molecule has 0 saturated carbocycles. The first kappa shape index (κ1) is 8.39. The smallest absolute Gasteiger partial charge is 0.152 e. The second-order valence-electron chi connectivity index (χ2n) is 1.97. The molecular weight excluding hydrogens is 174 g/mol. The molecule has 0 atom stereocenters. The van der Waals surface area contributed by atoms with Crippen LogP contribution in [0.3, 0.4) is 0 Å². The van der Waals surface area contributed by atoms with Gasteiger partial charge in [0.25, 0.3) is 0 Å². The maximum absolute atomic E-state index is 8.15. The molecule has 0 aromatic carbocycles. The van der Waals surface area contributed by atoms with Crippen LogP contribution in [-0.2, 0) is 0 Å². The molecule has 1 aromatic rings. The number of aromatic nitrogens is 1. The van der Waals surface area contributed by atoms with E-state index in [1.54, 1.807) is 12.1 Å². The number of hydrogen-bond acceptors (Lipinski definition) is 3. The van der Waals surface area contributed by atoms with Crippen molar-refractivity contribution in [3.05, 3.63) is 23.0 Å². The number of anilines is 1. The van der Waals surface area contributed by atoms with Gasteiger partial charge >= 0.3 is 0 Å². The standard InChI is InChI=1S/C8H4ClN3/c9-8-7(11)4-6(5-12-8)2-1-3-10/h4-5H,11H2. The van der Waals surface area contributed by atoms with Gasteiger partial charge in [-0.25, -0.2) is 4.98 Å². The molecule has 2 N–H and O–H groups in total. The summed E-state index contributed by atoms with van der Waals surface area (Å²) in [5.74, 6) is 4.78. The number of pyridine rings is 1. The average Bonchev–Trinajstić information content (AvgIpc) is 2.07. The minimum Gasteiger partial charge on any atom is -0.396 e. The topological polar surface area (TPSA) is 62.7 Å². The first-order chi connectivity index (χ1) is 5.74. The second kappa shape index (κ2) is 3.61. The highest BCUT2D eigenvalue weighted by Crippen LogP contribution is 2.15. The predicted molar refractivity (Wildman–Crippen MR) is 46.2 cm³/mol. The molecule has 0 spiro atoms. The van der Waals surface area contributed by atoms with Crippen LogP contribution < -0.4 is 5.73 Å². The van der Waals surface area contributed by atoms with Crippen molar-refractivity contribution in [3.63, 3.8) is 0 Å².